The minimum absolute atomic E-state index is 0.214. The number of carbonyl (C=O) groups is 1. The van der Waals surface area contributed by atoms with Gasteiger partial charge in [0.25, 0.3) is 0 Å². The predicted molar refractivity (Wildman–Crippen MR) is 49.8 cm³/mol. The summed E-state index contributed by atoms with van der Waals surface area (Å²) in [5.41, 5.74) is 0.588. The van der Waals surface area contributed by atoms with Crippen molar-refractivity contribution in [2.24, 2.45) is 0 Å². The normalized spacial score (nSPS) is 10.3. The van der Waals surface area contributed by atoms with Crippen LogP contribution in [0, 0.1) is 5.82 Å². The fraction of sp³-hybridized carbons (Fsp3) is 0.100. The molecular weight excluding hydrogens is 169 g/mol. The molecule has 0 saturated heterocycles. The van der Waals surface area contributed by atoms with Crippen LogP contribution >= 0.6 is 0 Å². The van der Waals surface area contributed by atoms with Crippen LogP contribution in [0.1, 0.15) is 6.92 Å². The lowest BCUT2D eigenvalue weighted by molar-refractivity contribution is -0.111. The maximum atomic E-state index is 12.4. The summed E-state index contributed by atoms with van der Waals surface area (Å²) in [5, 5.41) is 2.58. The van der Waals surface area contributed by atoms with Crippen molar-refractivity contribution in [1.29, 1.82) is 0 Å². The maximum Gasteiger partial charge on any atom is 0.248 e. The van der Waals surface area contributed by atoms with Gasteiger partial charge in [0.2, 0.25) is 5.91 Å². The van der Waals surface area contributed by atoms with Gasteiger partial charge < -0.3 is 5.32 Å². The molecule has 0 aliphatic carbocycles. The molecule has 2 nitrogen and oxygen atoms in total. The lowest BCUT2D eigenvalue weighted by atomic mass is 10.3. The fourth-order valence-corrected chi connectivity index (χ4v) is 0.869. The largest absolute Gasteiger partial charge is 0.323 e. The molecule has 3 heteroatoms. The van der Waals surface area contributed by atoms with E-state index in [9.17, 15) is 9.18 Å². The van der Waals surface area contributed by atoms with Gasteiger partial charge in [-0.25, -0.2) is 4.39 Å². The molecule has 0 aliphatic rings. The number of rotatable bonds is 2. The molecule has 0 radical (unpaired) electrons. The Labute approximate surface area is 76.1 Å². The van der Waals surface area contributed by atoms with Crippen molar-refractivity contribution in [2.75, 3.05) is 5.32 Å². The van der Waals surface area contributed by atoms with Crippen molar-refractivity contribution in [3.8, 4) is 0 Å². The molecule has 1 aromatic carbocycles. The lowest BCUT2D eigenvalue weighted by Crippen LogP contribution is -2.07. The SMILES string of the molecule is CC=CC(=O)Nc1ccc(F)cc1. The number of halogens is 1. The smallest absolute Gasteiger partial charge is 0.248 e. The van der Waals surface area contributed by atoms with Crippen molar-refractivity contribution >= 4 is 11.6 Å². The van der Waals surface area contributed by atoms with Gasteiger partial charge >= 0.3 is 0 Å². The highest BCUT2D eigenvalue weighted by atomic mass is 19.1. The van der Waals surface area contributed by atoms with Crippen molar-refractivity contribution in [2.45, 2.75) is 6.92 Å². The second-order valence-electron chi connectivity index (χ2n) is 2.50. The Bertz CT molecular complexity index is 316. The molecule has 1 N–H and O–H groups in total. The van der Waals surface area contributed by atoms with E-state index in [-0.39, 0.29) is 11.7 Å². The summed E-state index contributed by atoms with van der Waals surface area (Å²) < 4.78 is 12.4. The van der Waals surface area contributed by atoms with Crippen LogP contribution in [0.3, 0.4) is 0 Å². The van der Waals surface area contributed by atoms with Crippen molar-refractivity contribution in [3.05, 3.63) is 42.2 Å². The quantitative estimate of drug-likeness (QED) is 0.693. The maximum absolute atomic E-state index is 12.4. The monoisotopic (exact) mass is 179 g/mol. The zero-order valence-corrected chi connectivity index (χ0v) is 7.25. The first-order valence-electron chi connectivity index (χ1n) is 3.91. The number of allylic oxidation sites excluding steroid dienone is 1. The van der Waals surface area contributed by atoms with E-state index < -0.39 is 0 Å². The minimum Gasteiger partial charge on any atom is -0.323 e. The molecule has 1 aromatic rings. The van der Waals surface area contributed by atoms with Crippen LogP contribution in [0.5, 0.6) is 0 Å². The average Bonchev–Trinajstić information content (AvgIpc) is 2.09. The third-order valence-electron chi connectivity index (χ3n) is 1.43. The van der Waals surface area contributed by atoms with Crippen molar-refractivity contribution in [3.63, 3.8) is 0 Å². The number of hydrogen-bond donors (Lipinski definition) is 1. The third kappa shape index (κ3) is 3.07. The summed E-state index contributed by atoms with van der Waals surface area (Å²) in [6.45, 7) is 1.75. The topological polar surface area (TPSA) is 29.1 Å². The zero-order chi connectivity index (χ0) is 9.68. The third-order valence-corrected chi connectivity index (χ3v) is 1.43. The van der Waals surface area contributed by atoms with E-state index in [2.05, 4.69) is 5.32 Å². The van der Waals surface area contributed by atoms with Gasteiger partial charge in [0, 0.05) is 5.69 Å². The number of benzene rings is 1. The highest BCUT2D eigenvalue weighted by Gasteiger charge is 1.96. The molecule has 0 fully saturated rings. The standard InChI is InChI=1S/C10H10FNO/c1-2-3-10(13)12-9-6-4-8(11)5-7-9/h2-7H,1H3,(H,12,13). The van der Waals surface area contributed by atoms with Gasteiger partial charge in [-0.2, -0.15) is 0 Å². The molecule has 0 bridgehead atoms. The molecule has 1 rings (SSSR count). The molecule has 0 aromatic heterocycles. The van der Waals surface area contributed by atoms with E-state index in [1.807, 2.05) is 0 Å². The van der Waals surface area contributed by atoms with Gasteiger partial charge in [-0.1, -0.05) is 6.08 Å². The Morgan fingerprint density at radius 2 is 2.00 bits per heavy atom. The molecule has 0 spiro atoms. The molecule has 0 atom stereocenters. The number of carbonyl (C=O) groups excluding carboxylic acids is 1. The van der Waals surface area contributed by atoms with E-state index in [4.69, 9.17) is 0 Å². The molecule has 1 amide bonds. The molecule has 68 valence electrons. The summed E-state index contributed by atoms with van der Waals surface area (Å²) in [6, 6.07) is 5.62. The highest BCUT2D eigenvalue weighted by molar-refractivity contribution is 5.99. The van der Waals surface area contributed by atoms with Crippen LogP contribution in [-0.2, 0) is 4.79 Å². The molecule has 13 heavy (non-hydrogen) atoms. The molecule has 0 heterocycles. The number of amides is 1. The summed E-state index contributed by atoms with van der Waals surface area (Å²) in [4.78, 5) is 11.0. The van der Waals surface area contributed by atoms with Gasteiger partial charge in [0.15, 0.2) is 0 Å². The predicted octanol–water partition coefficient (Wildman–Crippen LogP) is 2.34. The van der Waals surface area contributed by atoms with Gasteiger partial charge in [-0.3, -0.25) is 4.79 Å². The van der Waals surface area contributed by atoms with Gasteiger partial charge in [0.05, 0.1) is 0 Å². The first-order chi connectivity index (χ1) is 6.22. The summed E-state index contributed by atoms with van der Waals surface area (Å²) >= 11 is 0. The van der Waals surface area contributed by atoms with E-state index in [1.54, 1.807) is 13.0 Å². The Hall–Kier alpha value is -1.64. The Balaban J connectivity index is 2.64. The molecule has 0 unspecified atom stereocenters. The van der Waals surface area contributed by atoms with E-state index in [0.29, 0.717) is 5.69 Å². The number of anilines is 1. The van der Waals surface area contributed by atoms with Crippen LogP contribution < -0.4 is 5.32 Å². The fourth-order valence-electron chi connectivity index (χ4n) is 0.869. The Morgan fingerprint density at radius 3 is 2.54 bits per heavy atom. The molecule has 0 aliphatic heterocycles. The van der Waals surface area contributed by atoms with Gasteiger partial charge in [-0.15, -0.1) is 0 Å². The first-order valence-corrected chi connectivity index (χ1v) is 3.91. The van der Waals surface area contributed by atoms with E-state index in [1.165, 1.54) is 30.3 Å². The van der Waals surface area contributed by atoms with E-state index in [0.717, 1.165) is 0 Å². The lowest BCUT2D eigenvalue weighted by Gasteiger charge is -2.00. The zero-order valence-electron chi connectivity index (χ0n) is 7.25. The second kappa shape index (κ2) is 4.40. The van der Waals surface area contributed by atoms with Gasteiger partial charge in [-0.05, 0) is 37.3 Å². The summed E-state index contributed by atoms with van der Waals surface area (Å²) in [5.74, 6) is -0.529. The highest BCUT2D eigenvalue weighted by Crippen LogP contribution is 2.07. The average molecular weight is 179 g/mol. The molecule has 0 saturated carbocycles. The minimum atomic E-state index is -0.316. The van der Waals surface area contributed by atoms with Gasteiger partial charge in [0.1, 0.15) is 5.82 Å². The van der Waals surface area contributed by atoms with Crippen LogP contribution in [0.2, 0.25) is 0 Å². The molecular formula is C10H10FNO. The van der Waals surface area contributed by atoms with Crippen LogP contribution in [0.25, 0.3) is 0 Å². The second-order valence-corrected chi connectivity index (χ2v) is 2.50. The van der Waals surface area contributed by atoms with Crippen LogP contribution in [0.4, 0.5) is 10.1 Å². The first kappa shape index (κ1) is 9.45. The number of nitrogens with one attached hydrogen (secondary N) is 1. The van der Waals surface area contributed by atoms with Crippen LogP contribution in [0.15, 0.2) is 36.4 Å². The summed E-state index contributed by atoms with van der Waals surface area (Å²) in [6.07, 6.45) is 3.04. The van der Waals surface area contributed by atoms with Crippen molar-refractivity contribution < 1.29 is 9.18 Å². The van der Waals surface area contributed by atoms with Crippen LogP contribution in [-0.4, -0.2) is 5.91 Å². The van der Waals surface area contributed by atoms with Crippen molar-refractivity contribution in [1.82, 2.24) is 0 Å². The Kier molecular flexibility index (Phi) is 3.20. The Morgan fingerprint density at radius 1 is 1.38 bits per heavy atom. The van der Waals surface area contributed by atoms with E-state index >= 15 is 0 Å². The summed E-state index contributed by atoms with van der Waals surface area (Å²) in [7, 11) is 0. The number of hydrogen-bond acceptors (Lipinski definition) is 1.